The number of rotatable bonds is 2. The van der Waals surface area contributed by atoms with Crippen LogP contribution in [0.25, 0.3) is 0 Å². The number of carbonyl (C=O) groups is 1. The van der Waals surface area contributed by atoms with Crippen molar-refractivity contribution in [3.8, 4) is 0 Å². The van der Waals surface area contributed by atoms with Gasteiger partial charge in [0.1, 0.15) is 0 Å². The second-order valence-electron chi connectivity index (χ2n) is 6.08. The van der Waals surface area contributed by atoms with Crippen LogP contribution in [0.15, 0.2) is 0 Å². The van der Waals surface area contributed by atoms with Crippen molar-refractivity contribution in [3.05, 3.63) is 0 Å². The minimum atomic E-state index is 0.0925. The first kappa shape index (κ1) is 11.5. The predicted octanol–water partition coefficient (Wildman–Crippen LogP) is 1.97. The Bertz CT molecular complexity index is 288. The van der Waals surface area contributed by atoms with Crippen LogP contribution in [0.5, 0.6) is 0 Å². The summed E-state index contributed by atoms with van der Waals surface area (Å²) in [6.45, 7) is 0. The Morgan fingerprint density at radius 3 is 2.53 bits per heavy atom. The van der Waals surface area contributed by atoms with E-state index < -0.39 is 0 Å². The molecule has 3 unspecified atom stereocenters. The van der Waals surface area contributed by atoms with Crippen LogP contribution >= 0.6 is 0 Å². The number of nitrogens with one attached hydrogen (secondary N) is 2. The molecule has 3 nitrogen and oxygen atoms in total. The van der Waals surface area contributed by atoms with E-state index in [9.17, 15) is 4.79 Å². The third-order valence-corrected chi connectivity index (χ3v) is 4.92. The fourth-order valence-corrected chi connectivity index (χ4v) is 3.56. The SMILES string of the molecule is O=C(NC1CCC1)C1CCC2CCCCC2N1. The quantitative estimate of drug-likeness (QED) is 0.769. The van der Waals surface area contributed by atoms with Crippen LogP contribution in [-0.2, 0) is 4.79 Å². The summed E-state index contributed by atoms with van der Waals surface area (Å²) in [5, 5.41) is 6.78. The van der Waals surface area contributed by atoms with Crippen molar-refractivity contribution in [2.24, 2.45) is 5.92 Å². The molecule has 2 N–H and O–H groups in total. The van der Waals surface area contributed by atoms with E-state index in [0.717, 1.165) is 12.3 Å². The standard InChI is InChI=1S/C14H24N2O/c17-14(15-11-5-3-6-11)13-9-8-10-4-1-2-7-12(10)16-13/h10-13,16H,1-9H2,(H,15,17). The summed E-state index contributed by atoms with van der Waals surface area (Å²) in [4.78, 5) is 12.1. The summed E-state index contributed by atoms with van der Waals surface area (Å²) in [5.41, 5.74) is 0. The van der Waals surface area contributed by atoms with Crippen molar-refractivity contribution in [2.75, 3.05) is 0 Å². The number of hydrogen-bond acceptors (Lipinski definition) is 2. The molecule has 0 aromatic rings. The largest absolute Gasteiger partial charge is 0.352 e. The van der Waals surface area contributed by atoms with Gasteiger partial charge in [0, 0.05) is 12.1 Å². The van der Waals surface area contributed by atoms with Crippen LogP contribution < -0.4 is 10.6 Å². The van der Waals surface area contributed by atoms with E-state index in [-0.39, 0.29) is 11.9 Å². The molecule has 0 radical (unpaired) electrons. The molecule has 1 amide bonds. The summed E-state index contributed by atoms with van der Waals surface area (Å²) < 4.78 is 0. The second-order valence-corrected chi connectivity index (χ2v) is 6.08. The zero-order chi connectivity index (χ0) is 11.7. The Hall–Kier alpha value is -0.570. The Morgan fingerprint density at radius 1 is 0.941 bits per heavy atom. The van der Waals surface area contributed by atoms with E-state index in [1.807, 2.05) is 0 Å². The van der Waals surface area contributed by atoms with Gasteiger partial charge in [0.25, 0.3) is 0 Å². The van der Waals surface area contributed by atoms with Gasteiger partial charge in [-0.15, -0.1) is 0 Å². The van der Waals surface area contributed by atoms with Crippen molar-refractivity contribution in [3.63, 3.8) is 0 Å². The summed E-state index contributed by atoms with van der Waals surface area (Å²) in [6, 6.07) is 1.19. The summed E-state index contributed by atoms with van der Waals surface area (Å²) in [5.74, 6) is 1.11. The smallest absolute Gasteiger partial charge is 0.237 e. The normalized spacial score (nSPS) is 38.0. The first-order valence-electron chi connectivity index (χ1n) is 7.39. The van der Waals surface area contributed by atoms with Crippen molar-refractivity contribution in [1.29, 1.82) is 0 Å². The first-order valence-corrected chi connectivity index (χ1v) is 7.39. The molecule has 1 heterocycles. The van der Waals surface area contributed by atoms with Crippen LogP contribution in [0.1, 0.15) is 57.8 Å². The van der Waals surface area contributed by atoms with Crippen molar-refractivity contribution in [2.45, 2.75) is 75.9 Å². The van der Waals surface area contributed by atoms with Crippen molar-refractivity contribution >= 4 is 5.91 Å². The lowest BCUT2D eigenvalue weighted by atomic mass is 9.77. The summed E-state index contributed by atoms with van der Waals surface area (Å²) in [7, 11) is 0. The fourth-order valence-electron chi connectivity index (χ4n) is 3.56. The maximum absolute atomic E-state index is 12.1. The highest BCUT2D eigenvalue weighted by molar-refractivity contribution is 5.82. The molecule has 1 saturated heterocycles. The maximum Gasteiger partial charge on any atom is 0.237 e. The number of fused-ring (bicyclic) bond motifs is 1. The van der Waals surface area contributed by atoms with Crippen LogP contribution in [-0.4, -0.2) is 24.0 Å². The predicted molar refractivity (Wildman–Crippen MR) is 67.7 cm³/mol. The molecule has 0 aromatic carbocycles. The van der Waals surface area contributed by atoms with Gasteiger partial charge in [-0.05, 0) is 50.9 Å². The molecular weight excluding hydrogens is 212 g/mol. The summed E-state index contributed by atoms with van der Waals surface area (Å²) >= 11 is 0. The summed E-state index contributed by atoms with van der Waals surface area (Å²) in [6.07, 6.45) is 11.3. The fraction of sp³-hybridized carbons (Fsp3) is 0.929. The molecule has 0 aromatic heterocycles. The van der Waals surface area contributed by atoms with Crippen LogP contribution in [0.4, 0.5) is 0 Å². The highest BCUT2D eigenvalue weighted by Crippen LogP contribution is 2.32. The zero-order valence-corrected chi connectivity index (χ0v) is 10.6. The van der Waals surface area contributed by atoms with Gasteiger partial charge >= 0.3 is 0 Å². The third kappa shape index (κ3) is 2.49. The van der Waals surface area contributed by atoms with Crippen LogP contribution in [0, 0.1) is 5.92 Å². The molecule has 2 saturated carbocycles. The van der Waals surface area contributed by atoms with Gasteiger partial charge in [0.2, 0.25) is 5.91 Å². The molecule has 3 heteroatoms. The molecular formula is C14H24N2O. The molecule has 96 valence electrons. The highest BCUT2D eigenvalue weighted by atomic mass is 16.2. The minimum absolute atomic E-state index is 0.0925. The van der Waals surface area contributed by atoms with E-state index >= 15 is 0 Å². The molecule has 3 rings (SSSR count). The zero-order valence-electron chi connectivity index (χ0n) is 10.6. The van der Waals surface area contributed by atoms with E-state index in [1.54, 1.807) is 0 Å². The topological polar surface area (TPSA) is 41.1 Å². The number of amides is 1. The van der Waals surface area contributed by atoms with Gasteiger partial charge in [-0.25, -0.2) is 0 Å². The van der Waals surface area contributed by atoms with Gasteiger partial charge in [-0.3, -0.25) is 4.79 Å². The highest BCUT2D eigenvalue weighted by Gasteiger charge is 2.35. The number of piperidine rings is 1. The molecule has 0 bridgehead atoms. The average Bonchev–Trinajstić information content (AvgIpc) is 2.33. The van der Waals surface area contributed by atoms with Gasteiger partial charge in [-0.2, -0.15) is 0 Å². The van der Waals surface area contributed by atoms with Gasteiger partial charge < -0.3 is 10.6 Å². The van der Waals surface area contributed by atoms with E-state index in [4.69, 9.17) is 0 Å². The van der Waals surface area contributed by atoms with Gasteiger partial charge in [-0.1, -0.05) is 12.8 Å². The molecule has 2 aliphatic carbocycles. The molecule has 3 aliphatic rings. The maximum atomic E-state index is 12.1. The van der Waals surface area contributed by atoms with Crippen molar-refractivity contribution in [1.82, 2.24) is 10.6 Å². The Balaban J connectivity index is 1.52. The van der Waals surface area contributed by atoms with Crippen molar-refractivity contribution < 1.29 is 4.79 Å². The average molecular weight is 236 g/mol. The molecule has 17 heavy (non-hydrogen) atoms. The Kier molecular flexibility index (Phi) is 3.37. The Morgan fingerprint density at radius 2 is 1.76 bits per heavy atom. The lowest BCUT2D eigenvalue weighted by Gasteiger charge is -2.40. The first-order chi connectivity index (χ1) is 8.33. The Labute approximate surface area is 104 Å². The third-order valence-electron chi connectivity index (χ3n) is 4.92. The monoisotopic (exact) mass is 236 g/mol. The van der Waals surface area contributed by atoms with Gasteiger partial charge in [0.05, 0.1) is 6.04 Å². The van der Waals surface area contributed by atoms with E-state index in [1.165, 1.54) is 51.4 Å². The van der Waals surface area contributed by atoms with Crippen LogP contribution in [0.3, 0.4) is 0 Å². The molecule has 0 spiro atoms. The van der Waals surface area contributed by atoms with Crippen LogP contribution in [0.2, 0.25) is 0 Å². The second kappa shape index (κ2) is 4.97. The number of hydrogen-bond donors (Lipinski definition) is 2. The molecule has 3 fully saturated rings. The number of carbonyl (C=O) groups excluding carboxylic acids is 1. The van der Waals surface area contributed by atoms with E-state index in [2.05, 4.69) is 10.6 Å². The molecule has 1 aliphatic heterocycles. The van der Waals surface area contributed by atoms with E-state index in [0.29, 0.717) is 12.1 Å². The van der Waals surface area contributed by atoms with Gasteiger partial charge in [0.15, 0.2) is 0 Å². The molecule has 3 atom stereocenters. The minimum Gasteiger partial charge on any atom is -0.352 e. The lowest BCUT2D eigenvalue weighted by Crippen LogP contribution is -2.56. The lowest BCUT2D eigenvalue weighted by molar-refractivity contribution is -0.125.